The third kappa shape index (κ3) is 20.6. The predicted molar refractivity (Wildman–Crippen MR) is 77.3 cm³/mol. The number of rotatable bonds is 7. The molecule has 0 amide bonds. The van der Waals surface area contributed by atoms with Gasteiger partial charge in [-0.05, 0) is 13.8 Å². The summed E-state index contributed by atoms with van der Waals surface area (Å²) >= 11 is 0. The SMILES string of the molecule is CCO[PH](=O)OCC.CN(C)C=CN=CN(C)C. The van der Waals surface area contributed by atoms with Gasteiger partial charge in [0.2, 0.25) is 0 Å². The van der Waals surface area contributed by atoms with Crippen LogP contribution in [0.25, 0.3) is 0 Å². The lowest BCUT2D eigenvalue weighted by Crippen LogP contribution is -2.07. The van der Waals surface area contributed by atoms with Crippen molar-refractivity contribution in [3.8, 4) is 0 Å². The molecule has 0 heterocycles. The Kier molecular flexibility index (Phi) is 15.4. The first-order chi connectivity index (χ1) is 8.43. The van der Waals surface area contributed by atoms with Crippen LogP contribution in [0, 0.1) is 0 Å². The van der Waals surface area contributed by atoms with Gasteiger partial charge < -0.3 is 18.8 Å². The van der Waals surface area contributed by atoms with Gasteiger partial charge in [-0.15, -0.1) is 0 Å². The maximum absolute atomic E-state index is 10.4. The zero-order valence-electron chi connectivity index (χ0n) is 12.2. The van der Waals surface area contributed by atoms with Crippen LogP contribution in [0.3, 0.4) is 0 Å². The summed E-state index contributed by atoms with van der Waals surface area (Å²) in [5.41, 5.74) is 0. The molecule has 0 aliphatic rings. The number of aliphatic imine (C=N–C) groups is 1. The predicted octanol–water partition coefficient (Wildman–Crippen LogP) is 2.06. The molecular formula is C11H26N3O3P. The summed E-state index contributed by atoms with van der Waals surface area (Å²) in [6.45, 7) is 4.47. The highest BCUT2D eigenvalue weighted by Crippen LogP contribution is 2.21. The summed E-state index contributed by atoms with van der Waals surface area (Å²) in [6, 6.07) is 0. The van der Waals surface area contributed by atoms with E-state index in [1.165, 1.54) is 0 Å². The van der Waals surface area contributed by atoms with E-state index in [1.54, 1.807) is 26.4 Å². The molecule has 0 bridgehead atoms. The van der Waals surface area contributed by atoms with Crippen LogP contribution in [-0.2, 0) is 13.6 Å². The van der Waals surface area contributed by atoms with Gasteiger partial charge >= 0.3 is 8.25 Å². The van der Waals surface area contributed by atoms with E-state index in [4.69, 9.17) is 0 Å². The van der Waals surface area contributed by atoms with Crippen LogP contribution in [0.2, 0.25) is 0 Å². The lowest BCUT2D eigenvalue weighted by atomic mass is 10.8. The van der Waals surface area contributed by atoms with Gasteiger partial charge in [0.1, 0.15) is 0 Å². The highest BCUT2D eigenvalue weighted by molar-refractivity contribution is 7.33. The second kappa shape index (κ2) is 14.2. The topological polar surface area (TPSA) is 54.4 Å². The van der Waals surface area contributed by atoms with Crippen molar-refractivity contribution in [3.05, 3.63) is 12.4 Å². The maximum atomic E-state index is 10.4. The standard InChI is InChI=1S/C7H15N3.C4H11O3P/c1-9(2)6-5-8-7-10(3)4;1-3-6-8(5)7-4-2/h5-7H,1-4H3;8H,3-4H2,1-2H3. The molecule has 0 N–H and O–H groups in total. The van der Waals surface area contributed by atoms with Crippen LogP contribution in [0.5, 0.6) is 0 Å². The molecule has 0 atom stereocenters. The van der Waals surface area contributed by atoms with Crippen molar-refractivity contribution in [2.24, 2.45) is 4.99 Å². The van der Waals surface area contributed by atoms with Gasteiger partial charge in [0.15, 0.2) is 0 Å². The minimum Gasteiger partial charge on any atom is -0.382 e. The van der Waals surface area contributed by atoms with Gasteiger partial charge in [-0.1, -0.05) is 0 Å². The highest BCUT2D eigenvalue weighted by Gasteiger charge is 1.91. The van der Waals surface area contributed by atoms with Crippen LogP contribution in [0.1, 0.15) is 13.8 Å². The molecule has 0 fully saturated rings. The summed E-state index contributed by atoms with van der Waals surface area (Å²) in [4.78, 5) is 7.82. The summed E-state index contributed by atoms with van der Waals surface area (Å²) in [5.74, 6) is 0. The van der Waals surface area contributed by atoms with Crippen molar-refractivity contribution in [1.29, 1.82) is 0 Å². The highest BCUT2D eigenvalue weighted by atomic mass is 31.1. The molecule has 108 valence electrons. The molecular weight excluding hydrogens is 253 g/mol. The number of hydrogen-bond acceptors (Lipinski definition) is 5. The van der Waals surface area contributed by atoms with E-state index in [-0.39, 0.29) is 0 Å². The van der Waals surface area contributed by atoms with E-state index < -0.39 is 8.25 Å². The zero-order chi connectivity index (χ0) is 14.4. The monoisotopic (exact) mass is 279 g/mol. The molecule has 0 unspecified atom stereocenters. The molecule has 7 heteroatoms. The van der Waals surface area contributed by atoms with Crippen molar-refractivity contribution >= 4 is 14.6 Å². The van der Waals surface area contributed by atoms with Crippen molar-refractivity contribution in [1.82, 2.24) is 9.80 Å². The summed E-state index contributed by atoms with van der Waals surface area (Å²) in [5, 5.41) is 0. The van der Waals surface area contributed by atoms with Crippen LogP contribution in [-0.4, -0.2) is 57.5 Å². The summed E-state index contributed by atoms with van der Waals surface area (Å²) < 4.78 is 19.6. The minimum absolute atomic E-state index is 0.456. The largest absolute Gasteiger partial charge is 0.382 e. The molecule has 18 heavy (non-hydrogen) atoms. The lowest BCUT2D eigenvalue weighted by molar-refractivity contribution is 0.243. The molecule has 0 radical (unpaired) electrons. The average Bonchev–Trinajstić information content (AvgIpc) is 2.25. The van der Waals surface area contributed by atoms with Crippen LogP contribution in [0.15, 0.2) is 17.4 Å². The van der Waals surface area contributed by atoms with E-state index in [0.29, 0.717) is 13.2 Å². The van der Waals surface area contributed by atoms with Crippen LogP contribution < -0.4 is 0 Å². The molecule has 0 rings (SSSR count). The number of hydrogen-bond donors (Lipinski definition) is 0. The average molecular weight is 279 g/mol. The maximum Gasteiger partial charge on any atom is 0.319 e. The first-order valence-corrected chi connectivity index (χ1v) is 6.98. The Morgan fingerprint density at radius 2 is 1.56 bits per heavy atom. The third-order valence-electron chi connectivity index (χ3n) is 1.27. The van der Waals surface area contributed by atoms with Crippen molar-refractivity contribution in [2.75, 3.05) is 41.4 Å². The molecule has 0 spiro atoms. The summed E-state index contributed by atoms with van der Waals surface area (Å²) in [6.07, 6.45) is 5.39. The van der Waals surface area contributed by atoms with Crippen molar-refractivity contribution in [2.45, 2.75) is 13.8 Å². The van der Waals surface area contributed by atoms with Gasteiger partial charge in [-0.3, -0.25) is 4.57 Å². The van der Waals surface area contributed by atoms with Crippen molar-refractivity contribution in [3.63, 3.8) is 0 Å². The Hall–Kier alpha value is -0.840. The van der Waals surface area contributed by atoms with Gasteiger partial charge in [-0.25, -0.2) is 4.99 Å². The van der Waals surface area contributed by atoms with Gasteiger partial charge in [0, 0.05) is 40.6 Å². The molecule has 0 saturated carbocycles. The van der Waals surface area contributed by atoms with E-state index in [0.717, 1.165) is 0 Å². The fraction of sp³-hybridized carbons (Fsp3) is 0.727. The molecule has 0 aromatic heterocycles. The smallest absolute Gasteiger partial charge is 0.319 e. The molecule has 0 aromatic carbocycles. The Morgan fingerprint density at radius 3 is 1.89 bits per heavy atom. The minimum atomic E-state index is -2.14. The van der Waals surface area contributed by atoms with Gasteiger partial charge in [0.05, 0.1) is 19.6 Å². The fourth-order valence-electron chi connectivity index (χ4n) is 0.621. The third-order valence-corrected chi connectivity index (χ3v) is 2.32. The van der Waals surface area contributed by atoms with Gasteiger partial charge in [0.25, 0.3) is 0 Å². The molecule has 0 aromatic rings. The van der Waals surface area contributed by atoms with E-state index >= 15 is 0 Å². The normalized spacial score (nSPS) is 10.8. The zero-order valence-corrected chi connectivity index (χ0v) is 13.2. The first kappa shape index (κ1) is 19.5. The molecule has 0 aliphatic heterocycles. The van der Waals surface area contributed by atoms with Crippen LogP contribution in [0.4, 0.5) is 0 Å². The second-order valence-corrected chi connectivity index (χ2v) is 4.68. The second-order valence-electron chi connectivity index (χ2n) is 3.61. The molecule has 6 nitrogen and oxygen atoms in total. The van der Waals surface area contributed by atoms with E-state index in [9.17, 15) is 4.57 Å². The Labute approximate surface area is 111 Å². The lowest BCUT2D eigenvalue weighted by Gasteiger charge is -2.02. The summed E-state index contributed by atoms with van der Waals surface area (Å²) in [7, 11) is 5.65. The molecule has 0 aliphatic carbocycles. The Morgan fingerprint density at radius 1 is 1.06 bits per heavy atom. The number of nitrogens with zero attached hydrogens (tertiary/aromatic N) is 3. The molecule has 0 saturated heterocycles. The van der Waals surface area contributed by atoms with Gasteiger partial charge in [-0.2, -0.15) is 0 Å². The van der Waals surface area contributed by atoms with E-state index in [2.05, 4.69) is 14.0 Å². The first-order valence-electron chi connectivity index (χ1n) is 5.76. The Balaban J connectivity index is 0. The fourth-order valence-corrected chi connectivity index (χ4v) is 1.18. The van der Waals surface area contributed by atoms with E-state index in [1.807, 2.05) is 44.2 Å². The Bertz CT molecular complexity index is 232. The van der Waals surface area contributed by atoms with Crippen molar-refractivity contribution < 1.29 is 13.6 Å². The quantitative estimate of drug-likeness (QED) is 0.405. The van der Waals surface area contributed by atoms with Crippen LogP contribution >= 0.6 is 8.25 Å².